The molecule has 1 amide bonds. The number of nitrogens with one attached hydrogen (secondary N) is 1. The molecule has 0 spiro atoms. The van der Waals surface area contributed by atoms with Crippen LogP contribution in [0.3, 0.4) is 0 Å². The van der Waals surface area contributed by atoms with Gasteiger partial charge in [0.25, 0.3) is 0 Å². The minimum Gasteiger partial charge on any atom is -0.481 e. The fourth-order valence-corrected chi connectivity index (χ4v) is 1.39. The van der Waals surface area contributed by atoms with Gasteiger partial charge in [0.15, 0.2) is 0 Å². The van der Waals surface area contributed by atoms with Gasteiger partial charge in [-0.2, -0.15) is 0 Å². The number of pyridine rings is 1. The van der Waals surface area contributed by atoms with Crippen LogP contribution < -0.4 is 5.32 Å². The van der Waals surface area contributed by atoms with Crippen molar-refractivity contribution in [2.45, 2.75) is 12.3 Å². The maximum absolute atomic E-state index is 11.5. The maximum Gasteiger partial charge on any atom is 0.311 e. The predicted octanol–water partition coefficient (Wildman–Crippen LogP) is 0.942. The van der Waals surface area contributed by atoms with E-state index >= 15 is 0 Å². The molecule has 90 valence electrons. The summed E-state index contributed by atoms with van der Waals surface area (Å²) in [5.41, 5.74) is 0.571. The van der Waals surface area contributed by atoms with E-state index in [1.54, 1.807) is 18.2 Å². The minimum atomic E-state index is -1.02. The third-order valence-corrected chi connectivity index (χ3v) is 2.24. The topological polar surface area (TPSA) is 79.3 Å². The highest BCUT2D eigenvalue weighted by atomic mass is 16.4. The Balaban J connectivity index is 2.71. The first-order chi connectivity index (χ1) is 8.15. The highest BCUT2D eigenvalue weighted by Gasteiger charge is 2.22. The van der Waals surface area contributed by atoms with Crippen LogP contribution in [0.2, 0.25) is 0 Å². The van der Waals surface area contributed by atoms with Gasteiger partial charge in [0.2, 0.25) is 5.91 Å². The van der Waals surface area contributed by atoms with E-state index in [4.69, 9.17) is 5.11 Å². The second-order valence-corrected chi connectivity index (χ2v) is 3.47. The molecule has 0 radical (unpaired) electrons. The van der Waals surface area contributed by atoms with E-state index in [1.165, 1.54) is 12.4 Å². The molecule has 0 aliphatic rings. The van der Waals surface area contributed by atoms with Crippen molar-refractivity contribution in [2.75, 3.05) is 6.54 Å². The molecule has 1 rings (SSSR count). The first-order valence-corrected chi connectivity index (χ1v) is 5.15. The van der Waals surface area contributed by atoms with E-state index in [0.717, 1.165) is 0 Å². The Morgan fingerprint density at radius 1 is 1.47 bits per heavy atom. The van der Waals surface area contributed by atoms with Crippen LogP contribution in [0.1, 0.15) is 17.9 Å². The van der Waals surface area contributed by atoms with Crippen molar-refractivity contribution in [1.29, 1.82) is 0 Å². The molecule has 5 heteroatoms. The fourth-order valence-electron chi connectivity index (χ4n) is 1.39. The summed E-state index contributed by atoms with van der Waals surface area (Å²) in [6.45, 7) is 3.80. The van der Waals surface area contributed by atoms with E-state index < -0.39 is 11.9 Å². The molecule has 1 aromatic rings. The molecule has 2 N–H and O–H groups in total. The molecule has 0 saturated heterocycles. The zero-order valence-electron chi connectivity index (χ0n) is 9.30. The third-order valence-electron chi connectivity index (χ3n) is 2.24. The third kappa shape index (κ3) is 4.06. The average molecular weight is 234 g/mol. The van der Waals surface area contributed by atoms with Crippen LogP contribution in [0.4, 0.5) is 0 Å². The number of hydrogen-bond donors (Lipinski definition) is 2. The van der Waals surface area contributed by atoms with Crippen LogP contribution in [-0.2, 0) is 9.59 Å². The maximum atomic E-state index is 11.5. The van der Waals surface area contributed by atoms with E-state index in [2.05, 4.69) is 16.9 Å². The summed E-state index contributed by atoms with van der Waals surface area (Å²) in [5, 5.41) is 11.6. The molecule has 17 heavy (non-hydrogen) atoms. The molecule has 0 saturated carbocycles. The molecule has 5 nitrogen and oxygen atoms in total. The van der Waals surface area contributed by atoms with Crippen LogP contribution in [0.5, 0.6) is 0 Å². The summed E-state index contributed by atoms with van der Waals surface area (Å²) in [7, 11) is 0. The van der Waals surface area contributed by atoms with Crippen molar-refractivity contribution in [3.05, 3.63) is 42.7 Å². The van der Waals surface area contributed by atoms with Crippen LogP contribution in [0.15, 0.2) is 37.2 Å². The van der Waals surface area contributed by atoms with Crippen molar-refractivity contribution >= 4 is 11.9 Å². The lowest BCUT2D eigenvalue weighted by Gasteiger charge is -2.11. The van der Waals surface area contributed by atoms with Crippen molar-refractivity contribution in [3.63, 3.8) is 0 Å². The number of aromatic nitrogens is 1. The number of nitrogens with zero attached hydrogens (tertiary/aromatic N) is 1. The first-order valence-electron chi connectivity index (χ1n) is 5.15. The number of carboxylic acids is 1. The van der Waals surface area contributed by atoms with Crippen LogP contribution in [0, 0.1) is 0 Å². The van der Waals surface area contributed by atoms with Gasteiger partial charge in [0.1, 0.15) is 0 Å². The lowest BCUT2D eigenvalue weighted by molar-refractivity contribution is -0.140. The molecule has 1 aromatic heterocycles. The Bertz CT molecular complexity index is 403. The summed E-state index contributed by atoms with van der Waals surface area (Å²) in [5.74, 6) is -2.18. The van der Waals surface area contributed by atoms with Gasteiger partial charge in [-0.25, -0.2) is 0 Å². The van der Waals surface area contributed by atoms with Crippen molar-refractivity contribution < 1.29 is 14.7 Å². The summed E-state index contributed by atoms with van der Waals surface area (Å²) in [6.07, 6.45) is 4.47. The quantitative estimate of drug-likeness (QED) is 0.718. The van der Waals surface area contributed by atoms with Crippen molar-refractivity contribution in [1.82, 2.24) is 10.3 Å². The Hall–Kier alpha value is -2.17. The molecule has 1 unspecified atom stereocenters. The van der Waals surface area contributed by atoms with Crippen LogP contribution >= 0.6 is 0 Å². The molecule has 1 atom stereocenters. The van der Waals surface area contributed by atoms with Gasteiger partial charge in [-0.05, 0) is 17.7 Å². The van der Waals surface area contributed by atoms with Crippen molar-refractivity contribution in [2.24, 2.45) is 0 Å². The lowest BCUT2D eigenvalue weighted by Crippen LogP contribution is -2.27. The van der Waals surface area contributed by atoms with E-state index in [9.17, 15) is 9.59 Å². The zero-order valence-corrected chi connectivity index (χ0v) is 9.30. The summed E-state index contributed by atoms with van der Waals surface area (Å²) in [4.78, 5) is 26.4. The standard InChI is InChI=1S/C12H14N2O3/c1-2-5-14-11(15)8-10(12(16)17)9-3-6-13-7-4-9/h2-4,6-7,10H,1,5,8H2,(H,14,15)(H,16,17). The Kier molecular flexibility index (Phi) is 4.87. The Labute approximate surface area is 99.2 Å². The zero-order chi connectivity index (χ0) is 12.7. The second kappa shape index (κ2) is 6.42. The van der Waals surface area contributed by atoms with Crippen molar-refractivity contribution in [3.8, 4) is 0 Å². The van der Waals surface area contributed by atoms with Crippen LogP contribution in [0.25, 0.3) is 0 Å². The number of amides is 1. The van der Waals surface area contributed by atoms with Crippen LogP contribution in [-0.4, -0.2) is 28.5 Å². The number of hydrogen-bond acceptors (Lipinski definition) is 3. The Morgan fingerprint density at radius 2 is 2.12 bits per heavy atom. The van der Waals surface area contributed by atoms with Gasteiger partial charge in [-0.3, -0.25) is 14.6 Å². The molecule has 0 aliphatic carbocycles. The van der Waals surface area contributed by atoms with Gasteiger partial charge < -0.3 is 10.4 Å². The summed E-state index contributed by atoms with van der Waals surface area (Å²) < 4.78 is 0. The monoisotopic (exact) mass is 234 g/mol. The molecule has 1 heterocycles. The van der Waals surface area contributed by atoms with Gasteiger partial charge in [0, 0.05) is 25.4 Å². The van der Waals surface area contributed by atoms with Gasteiger partial charge in [0.05, 0.1) is 5.92 Å². The van der Waals surface area contributed by atoms with Gasteiger partial charge in [-0.1, -0.05) is 6.08 Å². The summed E-state index contributed by atoms with van der Waals surface area (Å²) >= 11 is 0. The number of aliphatic carboxylic acids is 1. The van der Waals surface area contributed by atoms with E-state index in [1.807, 2.05) is 0 Å². The normalized spacial score (nSPS) is 11.5. The molecule has 0 aliphatic heterocycles. The number of carboxylic acid groups (broad SMARTS) is 1. The van der Waals surface area contributed by atoms with E-state index in [-0.39, 0.29) is 12.3 Å². The number of carbonyl (C=O) groups excluding carboxylic acids is 1. The number of rotatable bonds is 6. The first kappa shape index (κ1) is 12.9. The lowest BCUT2D eigenvalue weighted by atomic mass is 9.96. The van der Waals surface area contributed by atoms with Gasteiger partial charge in [-0.15, -0.1) is 6.58 Å². The van der Waals surface area contributed by atoms with Gasteiger partial charge >= 0.3 is 5.97 Å². The molecule has 0 fully saturated rings. The molecular weight excluding hydrogens is 220 g/mol. The fraction of sp³-hybridized carbons (Fsp3) is 0.250. The average Bonchev–Trinajstić information content (AvgIpc) is 2.34. The second-order valence-electron chi connectivity index (χ2n) is 3.47. The van der Waals surface area contributed by atoms with E-state index in [0.29, 0.717) is 12.1 Å². The molecular formula is C12H14N2O3. The highest BCUT2D eigenvalue weighted by Crippen LogP contribution is 2.18. The molecule has 0 bridgehead atoms. The largest absolute Gasteiger partial charge is 0.481 e. The highest BCUT2D eigenvalue weighted by molar-refractivity contribution is 5.85. The summed E-state index contributed by atoms with van der Waals surface area (Å²) in [6, 6.07) is 3.19. The minimum absolute atomic E-state index is 0.0901. The predicted molar refractivity (Wildman–Crippen MR) is 62.4 cm³/mol. The Morgan fingerprint density at radius 3 is 2.65 bits per heavy atom. The SMILES string of the molecule is C=CCNC(=O)CC(C(=O)O)c1ccncc1. The molecule has 0 aromatic carbocycles. The number of carbonyl (C=O) groups is 2. The smallest absolute Gasteiger partial charge is 0.311 e.